The zero-order valence-corrected chi connectivity index (χ0v) is 22.5. The van der Waals surface area contributed by atoms with Gasteiger partial charge in [0.05, 0.1) is 72.4 Å². The molecule has 2 amide bonds. The van der Waals surface area contributed by atoms with Crippen molar-refractivity contribution in [3.8, 4) is 0 Å². The maximum atomic E-state index is 12.4. The van der Waals surface area contributed by atoms with Gasteiger partial charge in [-0.15, -0.1) is 0 Å². The van der Waals surface area contributed by atoms with Crippen LogP contribution in [0.2, 0.25) is 0 Å². The molecule has 0 aromatic carbocycles. The Bertz CT molecular complexity index is 776. The van der Waals surface area contributed by atoms with E-state index in [2.05, 4.69) is 10.6 Å². The molecule has 11 N–H and O–H groups in total. The standard InChI is InChI=1S/C22H41N5O14/c28-10-21(11-29,12-30)23-16(34)5-26(8-19(38)39)3-1-25(7-18(36)37)2-4-27(9-20(40)41)6-17(35)24-22(13-31,14-32)15-33/h28-33H,1-15H2,(H,23,34)(H,24,35)(H,36,37)(H,38,39)(H,40,41). The number of hydrogen-bond acceptors (Lipinski definition) is 14. The molecule has 0 aliphatic rings. The molecule has 0 aliphatic heterocycles. The number of hydrogen-bond donors (Lipinski definition) is 11. The highest BCUT2D eigenvalue weighted by atomic mass is 16.4. The fraction of sp³-hybridized carbons (Fsp3) is 0.773. The van der Waals surface area contributed by atoms with Crippen LogP contribution in [0.4, 0.5) is 0 Å². The van der Waals surface area contributed by atoms with Gasteiger partial charge in [-0.05, 0) is 0 Å². The van der Waals surface area contributed by atoms with Gasteiger partial charge < -0.3 is 56.6 Å². The number of nitrogens with one attached hydrogen (secondary N) is 2. The van der Waals surface area contributed by atoms with Gasteiger partial charge in [-0.2, -0.15) is 0 Å². The molecule has 0 spiro atoms. The van der Waals surface area contributed by atoms with E-state index in [0.29, 0.717) is 0 Å². The minimum absolute atomic E-state index is 0.117. The van der Waals surface area contributed by atoms with Crippen LogP contribution >= 0.6 is 0 Å². The Labute approximate surface area is 235 Å². The summed E-state index contributed by atoms with van der Waals surface area (Å²) in [6, 6.07) is 0. The molecule has 0 unspecified atom stereocenters. The van der Waals surface area contributed by atoms with Crippen molar-refractivity contribution in [1.29, 1.82) is 0 Å². The fourth-order valence-electron chi connectivity index (χ4n) is 3.45. The van der Waals surface area contributed by atoms with E-state index in [9.17, 15) is 69.9 Å². The second-order valence-electron chi connectivity index (χ2n) is 9.48. The van der Waals surface area contributed by atoms with Crippen LogP contribution in [-0.2, 0) is 24.0 Å². The van der Waals surface area contributed by atoms with Gasteiger partial charge in [0, 0.05) is 26.2 Å². The summed E-state index contributed by atoms with van der Waals surface area (Å²) in [6.45, 7) is -8.34. The molecule has 19 heteroatoms. The molecule has 0 aliphatic carbocycles. The van der Waals surface area contributed by atoms with Crippen molar-refractivity contribution in [3.05, 3.63) is 0 Å². The van der Waals surface area contributed by atoms with Crippen molar-refractivity contribution < 1.29 is 69.9 Å². The molecule has 0 radical (unpaired) electrons. The number of carbonyl (C=O) groups is 5. The SMILES string of the molecule is O=C(O)CN(CCN(CC(=O)O)CC(=O)NC(CO)(CO)CO)CCN(CC(=O)O)CC(=O)NC(CO)(CO)CO. The summed E-state index contributed by atoms with van der Waals surface area (Å²) in [5.41, 5.74) is -3.49. The Kier molecular flexibility index (Phi) is 17.8. The van der Waals surface area contributed by atoms with Crippen LogP contribution < -0.4 is 10.6 Å². The molecule has 0 fully saturated rings. The number of aliphatic carboxylic acids is 3. The zero-order valence-electron chi connectivity index (χ0n) is 22.5. The Balaban J connectivity index is 5.46. The number of carbonyl (C=O) groups excluding carboxylic acids is 2. The third-order valence-electron chi connectivity index (χ3n) is 5.90. The van der Waals surface area contributed by atoms with Gasteiger partial charge in [0.2, 0.25) is 11.8 Å². The third kappa shape index (κ3) is 15.0. The minimum Gasteiger partial charge on any atom is -0.480 e. The normalized spacial score (nSPS) is 12.1. The molecule has 0 heterocycles. The van der Waals surface area contributed by atoms with Crippen LogP contribution in [-0.4, -0.2) is 200 Å². The van der Waals surface area contributed by atoms with Crippen LogP contribution in [0.1, 0.15) is 0 Å². The summed E-state index contributed by atoms with van der Waals surface area (Å²) in [5.74, 6) is -5.58. The van der Waals surface area contributed by atoms with Crippen molar-refractivity contribution in [2.24, 2.45) is 0 Å². The predicted octanol–water partition coefficient (Wildman–Crippen LogP) is -7.19. The number of aliphatic hydroxyl groups excluding tert-OH is 6. The largest absolute Gasteiger partial charge is 0.480 e. The lowest BCUT2D eigenvalue weighted by Gasteiger charge is -2.31. The van der Waals surface area contributed by atoms with E-state index >= 15 is 0 Å². The molecule has 0 rings (SSSR count). The number of amides is 2. The predicted molar refractivity (Wildman–Crippen MR) is 136 cm³/mol. The smallest absolute Gasteiger partial charge is 0.317 e. The van der Waals surface area contributed by atoms with E-state index in [0.717, 1.165) is 9.80 Å². The summed E-state index contributed by atoms with van der Waals surface area (Å²) in [4.78, 5) is 62.4. The summed E-state index contributed by atoms with van der Waals surface area (Å²) < 4.78 is 0. The quantitative estimate of drug-likeness (QED) is 0.0491. The molecule has 0 saturated heterocycles. The number of carboxylic acids is 3. The molecule has 0 aromatic rings. The van der Waals surface area contributed by atoms with Crippen molar-refractivity contribution >= 4 is 29.7 Å². The lowest BCUT2D eigenvalue weighted by atomic mass is 10.0. The maximum Gasteiger partial charge on any atom is 0.317 e. The average molecular weight is 600 g/mol. The van der Waals surface area contributed by atoms with Crippen molar-refractivity contribution in [1.82, 2.24) is 25.3 Å². The van der Waals surface area contributed by atoms with Gasteiger partial charge in [-0.3, -0.25) is 38.7 Å². The van der Waals surface area contributed by atoms with Crippen molar-refractivity contribution in [2.45, 2.75) is 11.1 Å². The fourth-order valence-corrected chi connectivity index (χ4v) is 3.45. The first kappa shape index (κ1) is 38.0. The first-order valence-electron chi connectivity index (χ1n) is 12.3. The third-order valence-corrected chi connectivity index (χ3v) is 5.90. The van der Waals surface area contributed by atoms with Gasteiger partial charge >= 0.3 is 17.9 Å². The van der Waals surface area contributed by atoms with Crippen LogP contribution in [0, 0.1) is 0 Å². The van der Waals surface area contributed by atoms with Gasteiger partial charge in [-0.25, -0.2) is 0 Å². The van der Waals surface area contributed by atoms with E-state index in [1.165, 1.54) is 4.90 Å². The maximum absolute atomic E-state index is 12.4. The molecule has 41 heavy (non-hydrogen) atoms. The first-order chi connectivity index (χ1) is 19.2. The highest BCUT2D eigenvalue weighted by molar-refractivity contribution is 5.80. The summed E-state index contributed by atoms with van der Waals surface area (Å²) >= 11 is 0. The van der Waals surface area contributed by atoms with E-state index in [-0.39, 0.29) is 26.2 Å². The molecule has 0 aromatic heterocycles. The van der Waals surface area contributed by atoms with Crippen LogP contribution in [0.25, 0.3) is 0 Å². The molecule has 0 atom stereocenters. The molecular weight excluding hydrogens is 558 g/mol. The number of aliphatic hydroxyl groups is 6. The highest BCUT2D eigenvalue weighted by Gasteiger charge is 2.32. The Morgan fingerprint density at radius 1 is 0.439 bits per heavy atom. The number of nitrogens with zero attached hydrogens (tertiary/aromatic N) is 3. The van der Waals surface area contributed by atoms with Crippen LogP contribution in [0.3, 0.4) is 0 Å². The van der Waals surface area contributed by atoms with E-state index < -0.39 is 113 Å². The Morgan fingerprint density at radius 3 is 0.927 bits per heavy atom. The average Bonchev–Trinajstić information content (AvgIpc) is 2.90. The second kappa shape index (κ2) is 19.2. The van der Waals surface area contributed by atoms with Crippen molar-refractivity contribution in [3.63, 3.8) is 0 Å². The molecular formula is C22H41N5O14. The summed E-state index contributed by atoms with van der Waals surface area (Å²) in [5, 5.41) is 88.4. The van der Waals surface area contributed by atoms with Gasteiger partial charge in [0.25, 0.3) is 0 Å². The first-order valence-corrected chi connectivity index (χ1v) is 12.3. The molecule has 238 valence electrons. The van der Waals surface area contributed by atoms with E-state index in [4.69, 9.17) is 0 Å². The Hall–Kier alpha value is -3.01. The van der Waals surface area contributed by atoms with Crippen LogP contribution in [0.15, 0.2) is 0 Å². The lowest BCUT2D eigenvalue weighted by Crippen LogP contribution is -2.59. The van der Waals surface area contributed by atoms with E-state index in [1.807, 2.05) is 0 Å². The minimum atomic E-state index is -1.74. The molecule has 0 bridgehead atoms. The highest BCUT2D eigenvalue weighted by Crippen LogP contribution is 2.04. The molecule has 19 nitrogen and oxygen atoms in total. The van der Waals surface area contributed by atoms with Gasteiger partial charge in [0.15, 0.2) is 0 Å². The summed E-state index contributed by atoms with van der Waals surface area (Å²) in [7, 11) is 0. The zero-order chi connectivity index (χ0) is 31.6. The van der Waals surface area contributed by atoms with Crippen molar-refractivity contribution in [2.75, 3.05) is 98.5 Å². The number of rotatable bonds is 24. The lowest BCUT2D eigenvalue weighted by molar-refractivity contribution is -0.141. The molecule has 0 saturated carbocycles. The topological polar surface area (TPSA) is 301 Å². The number of carboxylic acid groups (broad SMARTS) is 3. The Morgan fingerprint density at radius 2 is 0.683 bits per heavy atom. The second-order valence-corrected chi connectivity index (χ2v) is 9.48. The van der Waals surface area contributed by atoms with E-state index in [1.54, 1.807) is 0 Å². The van der Waals surface area contributed by atoms with Crippen LogP contribution in [0.5, 0.6) is 0 Å². The van der Waals surface area contributed by atoms with Gasteiger partial charge in [0.1, 0.15) is 11.1 Å². The van der Waals surface area contributed by atoms with Gasteiger partial charge in [-0.1, -0.05) is 0 Å². The summed E-state index contributed by atoms with van der Waals surface area (Å²) in [6.07, 6.45) is 0. The monoisotopic (exact) mass is 599 g/mol.